The van der Waals surface area contributed by atoms with Crippen molar-refractivity contribution < 1.29 is 38.0 Å². The van der Waals surface area contributed by atoms with Gasteiger partial charge in [-0.15, -0.1) is 4.65 Å². The summed E-state index contributed by atoms with van der Waals surface area (Å²) in [5, 5.41) is 0. The molecule has 0 amide bonds. The topological polar surface area (TPSA) is 80.3 Å². The molecule has 34 heavy (non-hydrogen) atoms. The number of nitrogens with zero attached hydrogens (tertiary/aromatic N) is 1. The average Bonchev–Trinajstić information content (AvgIpc) is 3.29. The van der Waals surface area contributed by atoms with Crippen LogP contribution in [0.15, 0.2) is 30.3 Å². The first kappa shape index (κ1) is 26.6. The lowest BCUT2D eigenvalue weighted by Crippen LogP contribution is -2.71. The molecule has 190 valence electrons. The van der Waals surface area contributed by atoms with E-state index in [0.717, 1.165) is 18.4 Å². The summed E-state index contributed by atoms with van der Waals surface area (Å²) < 4.78 is 22.9. The van der Waals surface area contributed by atoms with Gasteiger partial charge < -0.3 is 9.47 Å². The van der Waals surface area contributed by atoms with Crippen LogP contribution in [0.4, 0.5) is 0 Å². The van der Waals surface area contributed by atoms with E-state index >= 15 is 0 Å². The second-order valence-electron chi connectivity index (χ2n) is 10.2. The molecule has 1 unspecified atom stereocenters. The molecule has 1 saturated carbocycles. The number of quaternary nitrogens is 1. The maximum absolute atomic E-state index is 13.7. The highest BCUT2D eigenvalue weighted by atomic mass is 16.9. The Morgan fingerprint density at radius 1 is 0.971 bits per heavy atom. The average molecular weight is 479 g/mol. The minimum absolute atomic E-state index is 0.0984. The van der Waals surface area contributed by atoms with Crippen molar-refractivity contribution in [2.24, 2.45) is 5.92 Å². The number of rotatable bonds is 9. The smallest absolute Gasteiger partial charge is 0.452 e. The van der Waals surface area contributed by atoms with Crippen molar-refractivity contribution in [1.29, 1.82) is 0 Å². The Balaban J connectivity index is 1.88. The molecule has 1 aliphatic carbocycles. The Hall–Kier alpha value is -2.00. The van der Waals surface area contributed by atoms with Crippen LogP contribution in [0.2, 0.25) is 0 Å². The second kappa shape index (κ2) is 11.2. The van der Waals surface area contributed by atoms with E-state index in [1.807, 2.05) is 51.1 Å². The zero-order valence-electron chi connectivity index (χ0n) is 21.2. The highest BCUT2D eigenvalue weighted by Gasteiger charge is 2.66. The molecule has 3 rings (SSSR count). The van der Waals surface area contributed by atoms with Crippen LogP contribution in [0.3, 0.4) is 0 Å². The third-order valence-electron chi connectivity index (χ3n) is 6.60. The van der Waals surface area contributed by atoms with Crippen molar-refractivity contribution in [3.8, 4) is 0 Å². The molecule has 1 saturated heterocycles. The van der Waals surface area contributed by atoms with Crippen LogP contribution < -0.4 is 0 Å². The zero-order valence-corrected chi connectivity index (χ0v) is 21.2. The lowest BCUT2D eigenvalue weighted by Gasteiger charge is -2.46. The summed E-state index contributed by atoms with van der Waals surface area (Å²) in [5.74, 6) is -2.64. The van der Waals surface area contributed by atoms with Crippen LogP contribution in [-0.4, -0.2) is 61.5 Å². The first-order valence-electron chi connectivity index (χ1n) is 12.2. The standard InChI is InChI=1S/C26H40NO7/c1-25(2,3)33-24(29)26(31-5,32-19-20-11-7-6-8-12-20)27(17-9-10-18-27)34-22-15-13-21(14-16-22)23(28)30-4/h6-8,11-12,21-22H,9-10,13-19H2,1-5H3/q+1/t21-,22-,26?. The highest BCUT2D eigenvalue weighted by Crippen LogP contribution is 2.40. The van der Waals surface area contributed by atoms with Gasteiger partial charge in [-0.05, 0) is 52.0 Å². The van der Waals surface area contributed by atoms with Crippen LogP contribution >= 0.6 is 0 Å². The van der Waals surface area contributed by atoms with Crippen molar-refractivity contribution in [1.82, 2.24) is 0 Å². The molecule has 0 spiro atoms. The zero-order chi connectivity index (χ0) is 24.8. The maximum atomic E-state index is 13.7. The van der Waals surface area contributed by atoms with E-state index in [1.165, 1.54) is 14.2 Å². The van der Waals surface area contributed by atoms with E-state index < -0.39 is 17.5 Å². The Kier molecular flexibility index (Phi) is 8.73. The monoisotopic (exact) mass is 478 g/mol. The van der Waals surface area contributed by atoms with E-state index in [1.54, 1.807) is 0 Å². The Morgan fingerprint density at radius 3 is 2.12 bits per heavy atom. The highest BCUT2D eigenvalue weighted by molar-refractivity contribution is 5.76. The minimum atomic E-state index is -1.77. The third kappa shape index (κ3) is 5.97. The summed E-state index contributed by atoms with van der Waals surface area (Å²) in [4.78, 5) is 32.4. The van der Waals surface area contributed by atoms with Crippen LogP contribution in [0.5, 0.6) is 0 Å². The van der Waals surface area contributed by atoms with Gasteiger partial charge in [0.1, 0.15) is 24.8 Å². The molecule has 2 aliphatic rings. The van der Waals surface area contributed by atoms with Crippen molar-refractivity contribution >= 4 is 11.9 Å². The molecule has 8 nitrogen and oxygen atoms in total. The number of ether oxygens (including phenoxy) is 4. The molecule has 0 aromatic heterocycles. The lowest BCUT2D eigenvalue weighted by atomic mass is 9.87. The summed E-state index contributed by atoms with van der Waals surface area (Å²) in [6.45, 7) is 6.79. The summed E-state index contributed by atoms with van der Waals surface area (Å²) in [5.41, 5.74) is 0.197. The summed E-state index contributed by atoms with van der Waals surface area (Å²) in [6, 6.07) is 9.68. The number of hydrogen-bond acceptors (Lipinski definition) is 7. The molecular weight excluding hydrogens is 438 g/mol. The largest absolute Gasteiger partial charge is 0.469 e. The summed E-state index contributed by atoms with van der Waals surface area (Å²) in [6.07, 6.45) is 4.40. The van der Waals surface area contributed by atoms with Crippen LogP contribution in [0.25, 0.3) is 0 Å². The van der Waals surface area contributed by atoms with Gasteiger partial charge in [-0.25, -0.2) is 4.79 Å². The number of esters is 2. The molecule has 8 heteroatoms. The van der Waals surface area contributed by atoms with Gasteiger partial charge in [0.25, 0.3) is 0 Å². The second-order valence-corrected chi connectivity index (χ2v) is 10.2. The van der Waals surface area contributed by atoms with Gasteiger partial charge in [0.2, 0.25) is 0 Å². The maximum Gasteiger partial charge on any atom is 0.452 e. The molecule has 1 heterocycles. The van der Waals surface area contributed by atoms with Gasteiger partial charge in [0, 0.05) is 20.0 Å². The van der Waals surface area contributed by atoms with Crippen molar-refractivity contribution in [3.63, 3.8) is 0 Å². The molecule has 1 atom stereocenters. The molecule has 1 aliphatic heterocycles. The fourth-order valence-corrected chi connectivity index (χ4v) is 4.92. The lowest BCUT2D eigenvalue weighted by molar-refractivity contribution is -1.16. The predicted molar refractivity (Wildman–Crippen MR) is 125 cm³/mol. The van der Waals surface area contributed by atoms with Gasteiger partial charge >= 0.3 is 17.8 Å². The van der Waals surface area contributed by atoms with Gasteiger partial charge in [-0.3, -0.25) is 14.3 Å². The number of likely N-dealkylation sites (tertiary alicyclic amines) is 1. The van der Waals surface area contributed by atoms with E-state index in [2.05, 4.69) is 0 Å². The Bertz CT molecular complexity index is 808. The quantitative estimate of drug-likeness (QED) is 0.300. The van der Waals surface area contributed by atoms with Crippen LogP contribution in [-0.2, 0) is 40.0 Å². The number of methoxy groups -OCH3 is 2. The van der Waals surface area contributed by atoms with E-state index in [0.29, 0.717) is 38.8 Å². The predicted octanol–water partition coefficient (Wildman–Crippen LogP) is 4.12. The Labute approximate surface area is 203 Å². The number of hydroxylamine groups is 3. The van der Waals surface area contributed by atoms with E-state index in [9.17, 15) is 9.59 Å². The van der Waals surface area contributed by atoms with E-state index in [-0.39, 0.29) is 29.2 Å². The first-order valence-corrected chi connectivity index (χ1v) is 12.2. The number of carbonyl (C=O) groups is 2. The fraction of sp³-hybridized carbons (Fsp3) is 0.692. The van der Waals surface area contributed by atoms with Crippen molar-refractivity contribution in [2.75, 3.05) is 27.3 Å². The molecule has 1 aromatic rings. The normalized spacial score (nSPS) is 24.3. The number of benzene rings is 1. The Morgan fingerprint density at radius 2 is 1.59 bits per heavy atom. The third-order valence-corrected chi connectivity index (χ3v) is 6.60. The molecule has 0 N–H and O–H groups in total. The summed E-state index contributed by atoms with van der Waals surface area (Å²) >= 11 is 0. The summed E-state index contributed by atoms with van der Waals surface area (Å²) in [7, 11) is 2.90. The SMILES string of the molecule is COC(=O)[C@H]1CC[C@H](O[N+]2(C(OC)(OCc3ccccc3)C(=O)OC(C)(C)C)CCCC2)CC1. The van der Waals surface area contributed by atoms with E-state index in [4.69, 9.17) is 23.8 Å². The van der Waals surface area contributed by atoms with Crippen LogP contribution in [0, 0.1) is 5.92 Å². The first-order chi connectivity index (χ1) is 16.1. The molecule has 0 radical (unpaired) electrons. The van der Waals surface area contributed by atoms with Gasteiger partial charge in [-0.1, -0.05) is 30.3 Å². The van der Waals surface area contributed by atoms with Crippen LogP contribution in [0.1, 0.15) is 64.9 Å². The molecule has 1 aromatic carbocycles. The minimum Gasteiger partial charge on any atom is -0.469 e. The van der Waals surface area contributed by atoms with Gasteiger partial charge in [-0.2, -0.15) is 4.84 Å². The van der Waals surface area contributed by atoms with Crippen molar-refractivity contribution in [3.05, 3.63) is 35.9 Å². The van der Waals surface area contributed by atoms with Gasteiger partial charge in [0.05, 0.1) is 19.6 Å². The number of carbonyl (C=O) groups excluding carboxylic acids is 2. The fourth-order valence-electron chi connectivity index (χ4n) is 4.92. The van der Waals surface area contributed by atoms with Crippen molar-refractivity contribution in [2.45, 2.75) is 83.5 Å². The molecular formula is C26H40NO7+. The molecule has 0 bridgehead atoms. The number of hydrogen-bond donors (Lipinski definition) is 0. The van der Waals surface area contributed by atoms with Gasteiger partial charge in [0.15, 0.2) is 0 Å². The molecule has 2 fully saturated rings.